The Bertz CT molecular complexity index is 814. The molecule has 3 rings (SSSR count). The fraction of sp³-hybridized carbons (Fsp3) is 0.294. The SMILES string of the molecule is CC(C)Cc1ncc(Cc2c[nH]c3ccccc23)[nH]c1=O. The highest BCUT2D eigenvalue weighted by atomic mass is 16.1. The summed E-state index contributed by atoms with van der Waals surface area (Å²) in [4.78, 5) is 22.6. The van der Waals surface area contributed by atoms with Crippen molar-refractivity contribution in [2.75, 3.05) is 0 Å². The lowest BCUT2D eigenvalue weighted by Gasteiger charge is -2.05. The van der Waals surface area contributed by atoms with Crippen molar-refractivity contribution in [1.82, 2.24) is 15.0 Å². The monoisotopic (exact) mass is 281 g/mol. The highest BCUT2D eigenvalue weighted by Gasteiger charge is 2.08. The third kappa shape index (κ3) is 2.89. The van der Waals surface area contributed by atoms with Gasteiger partial charge in [-0.3, -0.25) is 9.78 Å². The van der Waals surface area contributed by atoms with Gasteiger partial charge in [-0.2, -0.15) is 0 Å². The molecule has 0 radical (unpaired) electrons. The van der Waals surface area contributed by atoms with Crippen molar-refractivity contribution in [1.29, 1.82) is 0 Å². The number of nitrogens with one attached hydrogen (secondary N) is 2. The average molecular weight is 281 g/mol. The second-order valence-electron chi connectivity index (χ2n) is 5.82. The molecule has 2 aromatic heterocycles. The molecule has 0 aliphatic heterocycles. The van der Waals surface area contributed by atoms with E-state index in [0.717, 1.165) is 11.2 Å². The molecule has 0 bridgehead atoms. The molecule has 0 atom stereocenters. The molecule has 4 nitrogen and oxygen atoms in total. The lowest BCUT2D eigenvalue weighted by atomic mass is 10.1. The van der Waals surface area contributed by atoms with E-state index in [1.807, 2.05) is 24.4 Å². The van der Waals surface area contributed by atoms with Crippen molar-refractivity contribution in [2.24, 2.45) is 5.92 Å². The van der Waals surface area contributed by atoms with E-state index in [0.29, 0.717) is 24.5 Å². The summed E-state index contributed by atoms with van der Waals surface area (Å²) in [6.07, 6.45) is 5.16. The second kappa shape index (κ2) is 5.56. The highest BCUT2D eigenvalue weighted by Crippen LogP contribution is 2.19. The molecule has 0 aliphatic rings. The minimum absolute atomic E-state index is 0.0685. The van der Waals surface area contributed by atoms with E-state index >= 15 is 0 Å². The fourth-order valence-electron chi connectivity index (χ4n) is 2.57. The van der Waals surface area contributed by atoms with Crippen LogP contribution in [-0.2, 0) is 12.8 Å². The number of aromatic nitrogens is 3. The predicted octanol–water partition coefficient (Wildman–Crippen LogP) is 3.04. The van der Waals surface area contributed by atoms with Gasteiger partial charge in [0.25, 0.3) is 5.56 Å². The van der Waals surface area contributed by atoms with E-state index < -0.39 is 0 Å². The van der Waals surface area contributed by atoms with E-state index in [-0.39, 0.29) is 5.56 Å². The van der Waals surface area contributed by atoms with Gasteiger partial charge in [0.15, 0.2) is 0 Å². The van der Waals surface area contributed by atoms with Gasteiger partial charge >= 0.3 is 0 Å². The molecule has 4 heteroatoms. The summed E-state index contributed by atoms with van der Waals surface area (Å²) >= 11 is 0. The van der Waals surface area contributed by atoms with Crippen LogP contribution in [-0.4, -0.2) is 15.0 Å². The quantitative estimate of drug-likeness (QED) is 0.772. The molecule has 0 saturated carbocycles. The first kappa shape index (κ1) is 13.6. The number of hydrogen-bond acceptors (Lipinski definition) is 2. The van der Waals surface area contributed by atoms with Gasteiger partial charge in [0.2, 0.25) is 0 Å². The van der Waals surface area contributed by atoms with Crippen LogP contribution in [0.1, 0.15) is 30.8 Å². The van der Waals surface area contributed by atoms with Crippen LogP contribution in [0.2, 0.25) is 0 Å². The summed E-state index contributed by atoms with van der Waals surface area (Å²) in [5.41, 5.74) is 3.67. The number of fused-ring (bicyclic) bond motifs is 1. The van der Waals surface area contributed by atoms with Gasteiger partial charge in [0.1, 0.15) is 5.69 Å². The Balaban J connectivity index is 1.88. The van der Waals surface area contributed by atoms with E-state index in [2.05, 4.69) is 34.9 Å². The summed E-state index contributed by atoms with van der Waals surface area (Å²) in [7, 11) is 0. The van der Waals surface area contributed by atoms with E-state index in [4.69, 9.17) is 0 Å². The van der Waals surface area contributed by atoms with Crippen LogP contribution in [0.15, 0.2) is 41.5 Å². The van der Waals surface area contributed by atoms with Gasteiger partial charge in [0.05, 0.1) is 0 Å². The number of nitrogens with zero attached hydrogens (tertiary/aromatic N) is 1. The minimum atomic E-state index is -0.0685. The molecule has 1 aromatic carbocycles. The molecule has 2 N–H and O–H groups in total. The van der Waals surface area contributed by atoms with Gasteiger partial charge in [-0.1, -0.05) is 32.0 Å². The van der Waals surface area contributed by atoms with Crippen molar-refractivity contribution < 1.29 is 0 Å². The predicted molar refractivity (Wildman–Crippen MR) is 84.5 cm³/mol. The first-order valence-corrected chi connectivity index (χ1v) is 7.25. The number of rotatable bonds is 4. The zero-order chi connectivity index (χ0) is 14.8. The normalized spacial score (nSPS) is 11.4. The highest BCUT2D eigenvalue weighted by molar-refractivity contribution is 5.83. The van der Waals surface area contributed by atoms with Gasteiger partial charge < -0.3 is 9.97 Å². The molecule has 3 aromatic rings. The van der Waals surface area contributed by atoms with Crippen molar-refractivity contribution >= 4 is 10.9 Å². The van der Waals surface area contributed by atoms with E-state index in [9.17, 15) is 4.79 Å². The largest absolute Gasteiger partial charge is 0.361 e. The summed E-state index contributed by atoms with van der Waals surface area (Å²) in [5, 5.41) is 1.18. The van der Waals surface area contributed by atoms with Crippen LogP contribution >= 0.6 is 0 Å². The van der Waals surface area contributed by atoms with Crippen LogP contribution in [0.5, 0.6) is 0 Å². The summed E-state index contributed by atoms with van der Waals surface area (Å²) in [5.74, 6) is 0.429. The third-order valence-corrected chi connectivity index (χ3v) is 3.57. The number of aromatic amines is 2. The lowest BCUT2D eigenvalue weighted by molar-refractivity contribution is 0.627. The van der Waals surface area contributed by atoms with Crippen LogP contribution < -0.4 is 5.56 Å². The molecule has 108 valence electrons. The van der Waals surface area contributed by atoms with Crippen LogP contribution in [0.4, 0.5) is 0 Å². The standard InChI is InChI=1S/C17H19N3O/c1-11(2)7-16-17(21)20-13(10-19-16)8-12-9-18-15-6-4-3-5-14(12)15/h3-6,9-11,18H,7-8H2,1-2H3,(H,20,21). The first-order chi connectivity index (χ1) is 10.1. The van der Waals surface area contributed by atoms with Crippen molar-refractivity contribution in [3.05, 3.63) is 64.0 Å². The van der Waals surface area contributed by atoms with Crippen LogP contribution in [0.25, 0.3) is 10.9 Å². The summed E-state index contributed by atoms with van der Waals surface area (Å²) in [6, 6.07) is 8.16. The Morgan fingerprint density at radius 2 is 2.05 bits per heavy atom. The van der Waals surface area contributed by atoms with Crippen LogP contribution in [0, 0.1) is 5.92 Å². The third-order valence-electron chi connectivity index (χ3n) is 3.57. The smallest absolute Gasteiger partial charge is 0.269 e. The molecule has 0 amide bonds. The number of para-hydroxylation sites is 1. The molecule has 21 heavy (non-hydrogen) atoms. The number of hydrogen-bond donors (Lipinski definition) is 2. The molecule has 0 fully saturated rings. The Kier molecular flexibility index (Phi) is 3.60. The van der Waals surface area contributed by atoms with Crippen molar-refractivity contribution in [3.63, 3.8) is 0 Å². The molecular formula is C17H19N3O. The molecule has 0 spiro atoms. The fourth-order valence-corrected chi connectivity index (χ4v) is 2.57. The second-order valence-corrected chi connectivity index (χ2v) is 5.82. The minimum Gasteiger partial charge on any atom is -0.361 e. The maximum Gasteiger partial charge on any atom is 0.269 e. The molecule has 0 saturated heterocycles. The molecule has 2 heterocycles. The van der Waals surface area contributed by atoms with Crippen LogP contribution in [0.3, 0.4) is 0 Å². The molecule has 0 aliphatic carbocycles. The van der Waals surface area contributed by atoms with E-state index in [1.165, 1.54) is 10.9 Å². The number of benzene rings is 1. The molecule has 0 unspecified atom stereocenters. The van der Waals surface area contributed by atoms with Gasteiger partial charge in [-0.25, -0.2) is 0 Å². The molecular weight excluding hydrogens is 262 g/mol. The maximum atomic E-state index is 12.0. The van der Waals surface area contributed by atoms with Gasteiger partial charge in [0, 0.05) is 35.4 Å². The van der Waals surface area contributed by atoms with Crippen molar-refractivity contribution in [3.8, 4) is 0 Å². The van der Waals surface area contributed by atoms with Gasteiger partial charge in [-0.05, 0) is 24.0 Å². The average Bonchev–Trinajstić information content (AvgIpc) is 2.85. The summed E-state index contributed by atoms with van der Waals surface area (Å²) in [6.45, 7) is 4.17. The van der Waals surface area contributed by atoms with Crippen molar-refractivity contribution in [2.45, 2.75) is 26.7 Å². The lowest BCUT2D eigenvalue weighted by Crippen LogP contribution is -2.18. The van der Waals surface area contributed by atoms with E-state index in [1.54, 1.807) is 6.20 Å². The Hall–Kier alpha value is -2.36. The Labute approximate surface area is 123 Å². The summed E-state index contributed by atoms with van der Waals surface area (Å²) < 4.78 is 0. The zero-order valence-electron chi connectivity index (χ0n) is 12.3. The first-order valence-electron chi connectivity index (χ1n) is 7.25. The Morgan fingerprint density at radius 1 is 1.24 bits per heavy atom. The maximum absolute atomic E-state index is 12.0. The Morgan fingerprint density at radius 3 is 2.81 bits per heavy atom. The zero-order valence-corrected chi connectivity index (χ0v) is 12.3. The number of H-pyrrole nitrogens is 2. The van der Waals surface area contributed by atoms with Gasteiger partial charge in [-0.15, -0.1) is 0 Å². The topological polar surface area (TPSA) is 61.5 Å².